The van der Waals surface area contributed by atoms with E-state index in [4.69, 9.17) is 0 Å². The lowest BCUT2D eigenvalue weighted by atomic mass is 9.67. The maximum absolute atomic E-state index is 2.41. The molecule has 0 aliphatic heterocycles. The van der Waals surface area contributed by atoms with E-state index >= 15 is 0 Å². The lowest BCUT2D eigenvalue weighted by Crippen LogP contribution is -2.28. The van der Waals surface area contributed by atoms with E-state index in [-0.39, 0.29) is 0 Å². The van der Waals surface area contributed by atoms with E-state index in [1.54, 1.807) is 5.57 Å². The van der Waals surface area contributed by atoms with Crippen LogP contribution in [0.3, 0.4) is 0 Å². The van der Waals surface area contributed by atoms with Crippen molar-refractivity contribution >= 4 is 0 Å². The Kier molecular flexibility index (Phi) is 3.33. The van der Waals surface area contributed by atoms with E-state index in [1.165, 1.54) is 19.3 Å². The smallest absolute Gasteiger partial charge is 0.00864 e. The van der Waals surface area contributed by atoms with Gasteiger partial charge in [-0.05, 0) is 36.5 Å². The van der Waals surface area contributed by atoms with Gasteiger partial charge >= 0.3 is 0 Å². The van der Waals surface area contributed by atoms with Crippen LogP contribution in [0.2, 0.25) is 0 Å². The van der Waals surface area contributed by atoms with Crippen LogP contribution < -0.4 is 0 Å². The second-order valence-corrected chi connectivity index (χ2v) is 5.65. The summed E-state index contributed by atoms with van der Waals surface area (Å²) in [7, 11) is 0. The molecule has 0 unspecified atom stereocenters. The molecule has 2 rings (SSSR count). The fourth-order valence-electron chi connectivity index (χ4n) is 3.22. The van der Waals surface area contributed by atoms with Crippen LogP contribution in [-0.4, -0.2) is 0 Å². The molecule has 0 heterocycles. The highest BCUT2D eigenvalue weighted by Crippen LogP contribution is 2.43. The first kappa shape index (κ1) is 11.0. The molecule has 0 bridgehead atoms. The summed E-state index contributed by atoms with van der Waals surface area (Å²) < 4.78 is 0. The SMILES string of the molecule is CC(C)[C@@H]1CC[C@@H](C)C[C@H]1C1=CC=C[CH]1. The standard InChI is InChI=1S/C15H23/c1-11(2)14-9-8-12(3)10-15(14)13-6-4-5-7-13/h4-7,11-12,14-15H,8-10H2,1-3H3/t12-,14+,15+/m1/s1. The molecular formula is C15H23. The summed E-state index contributed by atoms with van der Waals surface area (Å²) in [5, 5.41) is 0. The maximum atomic E-state index is 2.41. The van der Waals surface area contributed by atoms with Crippen molar-refractivity contribution in [3.63, 3.8) is 0 Å². The summed E-state index contributed by atoms with van der Waals surface area (Å²) in [6.07, 6.45) is 13.3. The van der Waals surface area contributed by atoms with Crippen molar-refractivity contribution in [3.8, 4) is 0 Å². The van der Waals surface area contributed by atoms with Crippen LogP contribution in [0.15, 0.2) is 23.8 Å². The molecule has 0 nitrogen and oxygen atoms in total. The topological polar surface area (TPSA) is 0 Å². The monoisotopic (exact) mass is 203 g/mol. The van der Waals surface area contributed by atoms with Gasteiger partial charge in [0.1, 0.15) is 0 Å². The average Bonchev–Trinajstić information content (AvgIpc) is 2.69. The van der Waals surface area contributed by atoms with Gasteiger partial charge < -0.3 is 0 Å². The molecule has 1 saturated carbocycles. The highest BCUT2D eigenvalue weighted by molar-refractivity contribution is 5.36. The molecule has 15 heavy (non-hydrogen) atoms. The largest absolute Gasteiger partial charge is 0.0764 e. The first-order valence-corrected chi connectivity index (χ1v) is 6.40. The van der Waals surface area contributed by atoms with E-state index in [2.05, 4.69) is 45.4 Å². The van der Waals surface area contributed by atoms with Gasteiger partial charge in [-0.15, -0.1) is 0 Å². The molecule has 0 aromatic rings. The van der Waals surface area contributed by atoms with Gasteiger partial charge in [0.25, 0.3) is 0 Å². The number of rotatable bonds is 2. The van der Waals surface area contributed by atoms with Crippen molar-refractivity contribution < 1.29 is 0 Å². The van der Waals surface area contributed by atoms with E-state index < -0.39 is 0 Å². The van der Waals surface area contributed by atoms with E-state index in [9.17, 15) is 0 Å². The zero-order chi connectivity index (χ0) is 10.8. The van der Waals surface area contributed by atoms with Crippen molar-refractivity contribution in [1.29, 1.82) is 0 Å². The normalized spacial score (nSPS) is 36.0. The number of hydrogen-bond acceptors (Lipinski definition) is 0. The molecule has 1 fully saturated rings. The Morgan fingerprint density at radius 3 is 2.60 bits per heavy atom. The van der Waals surface area contributed by atoms with Gasteiger partial charge in [0.05, 0.1) is 0 Å². The molecule has 83 valence electrons. The summed E-state index contributed by atoms with van der Waals surface area (Å²) in [5.74, 6) is 3.48. The van der Waals surface area contributed by atoms with Gasteiger partial charge in [0.2, 0.25) is 0 Å². The number of allylic oxidation sites excluding steroid dienone is 4. The molecule has 0 N–H and O–H groups in total. The Hall–Kier alpha value is -0.520. The Morgan fingerprint density at radius 1 is 1.20 bits per heavy atom. The van der Waals surface area contributed by atoms with Crippen LogP contribution in [0.5, 0.6) is 0 Å². The summed E-state index contributed by atoms with van der Waals surface area (Å²) in [4.78, 5) is 0. The van der Waals surface area contributed by atoms with E-state index in [1.807, 2.05) is 0 Å². The van der Waals surface area contributed by atoms with Crippen LogP contribution in [0, 0.1) is 30.1 Å². The third-order valence-corrected chi connectivity index (χ3v) is 4.14. The predicted octanol–water partition coefficient (Wildman–Crippen LogP) is 4.40. The van der Waals surface area contributed by atoms with E-state index in [0.717, 1.165) is 23.7 Å². The first-order valence-electron chi connectivity index (χ1n) is 6.40. The quantitative estimate of drug-likeness (QED) is 0.624. The highest BCUT2D eigenvalue weighted by atomic mass is 14.4. The molecular weight excluding hydrogens is 180 g/mol. The Balaban J connectivity index is 2.09. The summed E-state index contributed by atoms with van der Waals surface area (Å²) in [5.41, 5.74) is 1.58. The van der Waals surface area contributed by atoms with E-state index in [0.29, 0.717) is 0 Å². The zero-order valence-electron chi connectivity index (χ0n) is 10.2. The predicted molar refractivity (Wildman–Crippen MR) is 66.4 cm³/mol. The fourth-order valence-corrected chi connectivity index (χ4v) is 3.22. The minimum absolute atomic E-state index is 0.823. The molecule has 2 aliphatic rings. The van der Waals surface area contributed by atoms with Gasteiger partial charge in [-0.3, -0.25) is 0 Å². The molecule has 0 aromatic carbocycles. The Bertz CT molecular complexity index is 270. The lowest BCUT2D eigenvalue weighted by Gasteiger charge is -2.38. The third-order valence-electron chi connectivity index (χ3n) is 4.14. The third kappa shape index (κ3) is 2.35. The summed E-state index contributed by atoms with van der Waals surface area (Å²) in [6, 6.07) is 0. The minimum Gasteiger partial charge on any atom is -0.0764 e. The highest BCUT2D eigenvalue weighted by Gasteiger charge is 2.32. The van der Waals surface area contributed by atoms with Crippen molar-refractivity contribution in [2.24, 2.45) is 23.7 Å². The molecule has 0 saturated heterocycles. The van der Waals surface area contributed by atoms with Crippen LogP contribution in [0.1, 0.15) is 40.0 Å². The molecule has 3 atom stereocenters. The molecule has 0 amide bonds. The molecule has 1 radical (unpaired) electrons. The van der Waals surface area contributed by atoms with Gasteiger partial charge in [0.15, 0.2) is 0 Å². The van der Waals surface area contributed by atoms with Crippen molar-refractivity contribution in [2.45, 2.75) is 40.0 Å². The minimum atomic E-state index is 0.823. The van der Waals surface area contributed by atoms with Crippen LogP contribution in [0.25, 0.3) is 0 Å². The van der Waals surface area contributed by atoms with Crippen LogP contribution >= 0.6 is 0 Å². The second-order valence-electron chi connectivity index (χ2n) is 5.65. The van der Waals surface area contributed by atoms with Gasteiger partial charge in [-0.1, -0.05) is 51.0 Å². The lowest BCUT2D eigenvalue weighted by molar-refractivity contribution is 0.172. The van der Waals surface area contributed by atoms with Gasteiger partial charge in [0, 0.05) is 6.42 Å². The molecule has 0 heteroatoms. The first-order chi connectivity index (χ1) is 7.18. The average molecular weight is 203 g/mol. The number of hydrogen-bond donors (Lipinski definition) is 0. The van der Waals surface area contributed by atoms with Gasteiger partial charge in [-0.2, -0.15) is 0 Å². The molecule has 0 spiro atoms. The van der Waals surface area contributed by atoms with Crippen molar-refractivity contribution in [3.05, 3.63) is 30.2 Å². The second kappa shape index (κ2) is 4.55. The van der Waals surface area contributed by atoms with Gasteiger partial charge in [-0.25, -0.2) is 0 Å². The fraction of sp³-hybridized carbons (Fsp3) is 0.667. The summed E-state index contributed by atoms with van der Waals surface area (Å²) >= 11 is 0. The maximum Gasteiger partial charge on any atom is 0.00864 e. The zero-order valence-corrected chi connectivity index (χ0v) is 10.2. The molecule has 2 aliphatic carbocycles. The van der Waals surface area contributed by atoms with Crippen molar-refractivity contribution in [1.82, 2.24) is 0 Å². The summed E-state index contributed by atoms with van der Waals surface area (Å²) in [6.45, 7) is 7.18. The molecule has 0 aromatic heterocycles. The van der Waals surface area contributed by atoms with Crippen LogP contribution in [-0.2, 0) is 0 Å². The Morgan fingerprint density at radius 2 is 2.00 bits per heavy atom. The van der Waals surface area contributed by atoms with Crippen LogP contribution in [0.4, 0.5) is 0 Å². The Labute approximate surface area is 94.5 Å². The van der Waals surface area contributed by atoms with Crippen molar-refractivity contribution in [2.75, 3.05) is 0 Å².